The summed E-state index contributed by atoms with van der Waals surface area (Å²) in [5.41, 5.74) is 2.10. The second-order valence-electron chi connectivity index (χ2n) is 8.93. The van der Waals surface area contributed by atoms with Gasteiger partial charge in [0.2, 0.25) is 11.7 Å². The van der Waals surface area contributed by atoms with E-state index in [-0.39, 0.29) is 23.1 Å². The summed E-state index contributed by atoms with van der Waals surface area (Å²) in [7, 11) is 4.52. The van der Waals surface area contributed by atoms with Crippen LogP contribution in [0.25, 0.3) is 0 Å². The lowest BCUT2D eigenvalue weighted by atomic mass is 9.86. The Morgan fingerprint density at radius 2 is 1.41 bits per heavy atom. The number of carbonyl (C=O) groups is 2. The number of hydrogen-bond donors (Lipinski definition) is 2. The Bertz CT molecular complexity index is 921. The molecular weight excluding hydrogens is 408 g/mol. The summed E-state index contributed by atoms with van der Waals surface area (Å²) in [5, 5.41) is 5.69. The fourth-order valence-electron chi connectivity index (χ4n) is 3.25. The molecule has 2 amide bonds. The summed E-state index contributed by atoms with van der Waals surface area (Å²) in [5.74, 6) is 0.505. The maximum absolute atomic E-state index is 13.0. The van der Waals surface area contributed by atoms with Gasteiger partial charge < -0.3 is 24.8 Å². The minimum Gasteiger partial charge on any atom is -0.493 e. The van der Waals surface area contributed by atoms with E-state index in [0.717, 1.165) is 5.56 Å². The van der Waals surface area contributed by atoms with Crippen molar-refractivity contribution in [2.24, 2.45) is 5.92 Å². The number of anilines is 1. The molecule has 7 nitrogen and oxygen atoms in total. The zero-order chi connectivity index (χ0) is 24.1. The van der Waals surface area contributed by atoms with Gasteiger partial charge in [-0.3, -0.25) is 9.59 Å². The molecule has 0 aliphatic heterocycles. The quantitative estimate of drug-likeness (QED) is 0.633. The average molecular weight is 443 g/mol. The SMILES string of the molecule is COc1cc(NC(=O)[C@@H](NC(=O)c2ccc(C(C)(C)C)cc2)C(C)C)cc(OC)c1OC. The van der Waals surface area contributed by atoms with Crippen molar-refractivity contribution in [3.05, 3.63) is 47.5 Å². The van der Waals surface area contributed by atoms with Crippen LogP contribution in [-0.2, 0) is 10.2 Å². The summed E-state index contributed by atoms with van der Waals surface area (Å²) in [6.45, 7) is 10.1. The van der Waals surface area contributed by atoms with Gasteiger partial charge in [-0.2, -0.15) is 0 Å². The Hall–Kier alpha value is -3.22. The van der Waals surface area contributed by atoms with Crippen LogP contribution in [0.4, 0.5) is 5.69 Å². The van der Waals surface area contributed by atoms with Crippen molar-refractivity contribution in [3.63, 3.8) is 0 Å². The summed E-state index contributed by atoms with van der Waals surface area (Å²) in [4.78, 5) is 25.8. The van der Waals surface area contributed by atoms with E-state index in [2.05, 4.69) is 31.4 Å². The van der Waals surface area contributed by atoms with Crippen molar-refractivity contribution in [1.29, 1.82) is 0 Å². The van der Waals surface area contributed by atoms with Gasteiger partial charge in [-0.25, -0.2) is 0 Å². The van der Waals surface area contributed by atoms with Gasteiger partial charge in [-0.05, 0) is 29.0 Å². The number of methoxy groups -OCH3 is 3. The van der Waals surface area contributed by atoms with E-state index in [4.69, 9.17) is 14.2 Å². The molecule has 0 radical (unpaired) electrons. The van der Waals surface area contributed by atoms with Crippen LogP contribution in [0.1, 0.15) is 50.5 Å². The fraction of sp³-hybridized carbons (Fsp3) is 0.440. The van der Waals surface area contributed by atoms with E-state index in [1.807, 2.05) is 26.0 Å². The molecule has 174 valence electrons. The van der Waals surface area contributed by atoms with Crippen LogP contribution in [0.15, 0.2) is 36.4 Å². The van der Waals surface area contributed by atoms with E-state index in [9.17, 15) is 9.59 Å². The predicted octanol–water partition coefficient (Wildman–Crippen LogP) is 4.40. The average Bonchev–Trinajstić information content (AvgIpc) is 2.75. The minimum absolute atomic E-state index is 0.00413. The standard InChI is InChI=1S/C25H34N2O5/c1-15(2)21(27-23(28)16-9-11-17(12-10-16)25(3,4)5)24(29)26-18-13-19(30-6)22(32-8)20(14-18)31-7/h9-15,21H,1-8H3,(H,26,29)(H,27,28)/t21-/m0/s1. The molecule has 0 aliphatic carbocycles. The predicted molar refractivity (Wildman–Crippen MR) is 126 cm³/mol. The third kappa shape index (κ3) is 5.93. The highest BCUT2D eigenvalue weighted by molar-refractivity contribution is 6.01. The van der Waals surface area contributed by atoms with Gasteiger partial charge in [0.05, 0.1) is 21.3 Å². The molecule has 0 spiro atoms. The zero-order valence-corrected chi connectivity index (χ0v) is 20.2. The van der Waals surface area contributed by atoms with Crippen LogP contribution >= 0.6 is 0 Å². The number of rotatable bonds is 8. The molecule has 2 aromatic rings. The number of benzene rings is 2. The molecule has 2 N–H and O–H groups in total. The second-order valence-corrected chi connectivity index (χ2v) is 8.93. The molecular formula is C25H34N2O5. The van der Waals surface area contributed by atoms with Gasteiger partial charge in [0.25, 0.3) is 5.91 Å². The normalized spacial score (nSPS) is 12.2. The van der Waals surface area contributed by atoms with Gasteiger partial charge in [0, 0.05) is 23.4 Å². The molecule has 0 bridgehead atoms. The lowest BCUT2D eigenvalue weighted by molar-refractivity contribution is -0.118. The third-order valence-corrected chi connectivity index (χ3v) is 5.18. The molecule has 0 aliphatic rings. The van der Waals surface area contributed by atoms with Crippen molar-refractivity contribution in [3.8, 4) is 17.2 Å². The van der Waals surface area contributed by atoms with Gasteiger partial charge >= 0.3 is 0 Å². The first-order valence-corrected chi connectivity index (χ1v) is 10.5. The van der Waals surface area contributed by atoms with Crippen LogP contribution in [0.2, 0.25) is 0 Å². The van der Waals surface area contributed by atoms with Crippen LogP contribution in [0.3, 0.4) is 0 Å². The number of ether oxygens (including phenoxy) is 3. The molecule has 0 aromatic heterocycles. The van der Waals surface area contributed by atoms with Gasteiger partial charge in [-0.15, -0.1) is 0 Å². The van der Waals surface area contributed by atoms with Crippen molar-refractivity contribution < 1.29 is 23.8 Å². The highest BCUT2D eigenvalue weighted by atomic mass is 16.5. The van der Waals surface area contributed by atoms with E-state index in [1.165, 1.54) is 21.3 Å². The largest absolute Gasteiger partial charge is 0.493 e. The molecule has 7 heteroatoms. The summed E-state index contributed by atoms with van der Waals surface area (Å²) >= 11 is 0. The van der Waals surface area contributed by atoms with Gasteiger partial charge in [0.15, 0.2) is 11.5 Å². The third-order valence-electron chi connectivity index (χ3n) is 5.18. The number of amides is 2. The van der Waals surface area contributed by atoms with E-state index >= 15 is 0 Å². The first kappa shape index (κ1) is 25.0. The highest BCUT2D eigenvalue weighted by Gasteiger charge is 2.26. The maximum atomic E-state index is 13.0. The molecule has 0 saturated heterocycles. The Morgan fingerprint density at radius 3 is 1.81 bits per heavy atom. The fourth-order valence-corrected chi connectivity index (χ4v) is 3.25. The van der Waals surface area contributed by atoms with Crippen molar-refractivity contribution in [1.82, 2.24) is 5.32 Å². The van der Waals surface area contributed by atoms with E-state index in [1.54, 1.807) is 24.3 Å². The highest BCUT2D eigenvalue weighted by Crippen LogP contribution is 2.40. The second kappa shape index (κ2) is 10.4. The summed E-state index contributed by atoms with van der Waals surface area (Å²) < 4.78 is 16.0. The Labute approximate surface area is 190 Å². The first-order valence-electron chi connectivity index (χ1n) is 10.5. The zero-order valence-electron chi connectivity index (χ0n) is 20.2. The van der Waals surface area contributed by atoms with E-state index < -0.39 is 6.04 Å². The van der Waals surface area contributed by atoms with Crippen LogP contribution in [0, 0.1) is 5.92 Å². The van der Waals surface area contributed by atoms with Gasteiger partial charge in [0.1, 0.15) is 6.04 Å². The topological polar surface area (TPSA) is 85.9 Å². The lowest BCUT2D eigenvalue weighted by Crippen LogP contribution is -2.47. The first-order chi connectivity index (χ1) is 15.0. The smallest absolute Gasteiger partial charge is 0.251 e. The lowest BCUT2D eigenvalue weighted by Gasteiger charge is -2.23. The number of nitrogens with one attached hydrogen (secondary N) is 2. The Kier molecular flexibility index (Phi) is 8.14. The Balaban J connectivity index is 2.20. The van der Waals surface area contributed by atoms with E-state index in [0.29, 0.717) is 28.5 Å². The molecule has 0 saturated carbocycles. The maximum Gasteiger partial charge on any atom is 0.251 e. The number of carbonyl (C=O) groups excluding carboxylic acids is 2. The minimum atomic E-state index is -0.733. The van der Waals surface area contributed by atoms with Crippen LogP contribution in [0.5, 0.6) is 17.2 Å². The van der Waals surface area contributed by atoms with Crippen molar-refractivity contribution in [2.45, 2.75) is 46.1 Å². The van der Waals surface area contributed by atoms with Gasteiger partial charge in [-0.1, -0.05) is 46.8 Å². The monoisotopic (exact) mass is 442 g/mol. The molecule has 1 atom stereocenters. The van der Waals surface area contributed by atoms with Crippen molar-refractivity contribution >= 4 is 17.5 Å². The molecule has 2 aromatic carbocycles. The number of hydrogen-bond acceptors (Lipinski definition) is 5. The molecule has 0 unspecified atom stereocenters. The Morgan fingerprint density at radius 1 is 0.875 bits per heavy atom. The summed E-state index contributed by atoms with van der Waals surface area (Å²) in [6, 6.07) is 10.00. The molecule has 0 heterocycles. The van der Waals surface area contributed by atoms with Crippen molar-refractivity contribution in [2.75, 3.05) is 26.6 Å². The summed E-state index contributed by atoms with van der Waals surface area (Å²) in [6.07, 6.45) is 0. The molecule has 0 fully saturated rings. The molecule has 2 rings (SSSR count). The molecule has 32 heavy (non-hydrogen) atoms. The van der Waals surface area contributed by atoms with Crippen LogP contribution in [-0.4, -0.2) is 39.2 Å². The van der Waals surface area contributed by atoms with Crippen LogP contribution < -0.4 is 24.8 Å².